The number of benzene rings is 1. The highest BCUT2D eigenvalue weighted by atomic mass is 16.4. The van der Waals surface area contributed by atoms with Crippen molar-refractivity contribution in [2.24, 2.45) is 5.92 Å². The molecule has 28 heavy (non-hydrogen) atoms. The molecule has 3 rings (SSSR count). The predicted octanol–water partition coefficient (Wildman–Crippen LogP) is 1.24. The molecular weight excluding hydrogens is 358 g/mol. The first-order chi connectivity index (χ1) is 13.4. The topological polar surface area (TPSA) is 103 Å². The van der Waals surface area contributed by atoms with Crippen LogP contribution in [0.5, 0.6) is 0 Å². The molecule has 1 aliphatic heterocycles. The van der Waals surface area contributed by atoms with E-state index in [0.717, 1.165) is 16.8 Å². The van der Waals surface area contributed by atoms with Crippen LogP contribution in [0.1, 0.15) is 27.2 Å². The largest absolute Gasteiger partial charge is 0.478 e. The van der Waals surface area contributed by atoms with Crippen molar-refractivity contribution in [2.45, 2.75) is 26.0 Å². The molecule has 2 aromatic rings. The van der Waals surface area contributed by atoms with Crippen molar-refractivity contribution in [3.63, 3.8) is 0 Å². The van der Waals surface area contributed by atoms with Gasteiger partial charge in [-0.05, 0) is 48.7 Å². The van der Waals surface area contributed by atoms with E-state index in [-0.39, 0.29) is 30.5 Å². The molecule has 0 aliphatic carbocycles. The Balaban J connectivity index is 1.50. The van der Waals surface area contributed by atoms with E-state index in [9.17, 15) is 14.7 Å². The number of β-amino-alcohol motifs (C(OH)–C–C–N with tert-alkyl or cyclic N) is 1. The fourth-order valence-electron chi connectivity index (χ4n) is 3.51. The quantitative estimate of drug-likeness (QED) is 0.665. The molecule has 1 aromatic carbocycles. The maximum atomic E-state index is 12.3. The van der Waals surface area contributed by atoms with Crippen LogP contribution in [-0.2, 0) is 17.8 Å². The van der Waals surface area contributed by atoms with Gasteiger partial charge in [-0.15, -0.1) is 0 Å². The molecular formula is C21H25N3O4. The molecule has 1 aliphatic rings. The molecule has 148 valence electrons. The molecule has 1 saturated heterocycles. The van der Waals surface area contributed by atoms with Gasteiger partial charge in [0.15, 0.2) is 0 Å². The van der Waals surface area contributed by atoms with E-state index >= 15 is 0 Å². The van der Waals surface area contributed by atoms with Gasteiger partial charge in [-0.2, -0.15) is 0 Å². The zero-order valence-corrected chi connectivity index (χ0v) is 15.8. The van der Waals surface area contributed by atoms with Crippen molar-refractivity contribution in [1.82, 2.24) is 15.2 Å². The van der Waals surface area contributed by atoms with Crippen molar-refractivity contribution in [2.75, 3.05) is 19.6 Å². The Bertz CT molecular complexity index is 841. The summed E-state index contributed by atoms with van der Waals surface area (Å²) in [4.78, 5) is 29.7. The van der Waals surface area contributed by atoms with Crippen LogP contribution in [0.25, 0.3) is 0 Å². The number of aryl methyl sites for hydroxylation is 1. The van der Waals surface area contributed by atoms with E-state index in [1.807, 2.05) is 30.0 Å². The Morgan fingerprint density at radius 3 is 2.79 bits per heavy atom. The van der Waals surface area contributed by atoms with Gasteiger partial charge < -0.3 is 15.5 Å². The second kappa shape index (κ2) is 8.95. The Hall–Kier alpha value is -2.77. The summed E-state index contributed by atoms with van der Waals surface area (Å²) < 4.78 is 0. The number of rotatable bonds is 7. The summed E-state index contributed by atoms with van der Waals surface area (Å²) in [5.74, 6) is -1.08. The van der Waals surface area contributed by atoms with E-state index < -0.39 is 12.1 Å². The lowest BCUT2D eigenvalue weighted by atomic mass is 10.00. The molecule has 1 aromatic heterocycles. The Labute approximate surface area is 164 Å². The number of nitrogens with zero attached hydrogens (tertiary/aromatic N) is 2. The number of carboxylic acid groups (broad SMARTS) is 1. The predicted molar refractivity (Wildman–Crippen MR) is 104 cm³/mol. The van der Waals surface area contributed by atoms with Crippen LogP contribution in [0.15, 0.2) is 42.6 Å². The summed E-state index contributed by atoms with van der Waals surface area (Å²) >= 11 is 0. The van der Waals surface area contributed by atoms with Gasteiger partial charge in [0.05, 0.1) is 18.2 Å². The van der Waals surface area contributed by atoms with Crippen LogP contribution in [0.2, 0.25) is 0 Å². The first kappa shape index (κ1) is 20.0. The lowest BCUT2D eigenvalue weighted by Crippen LogP contribution is -2.36. The highest BCUT2D eigenvalue weighted by Gasteiger charge is 2.32. The fourth-order valence-corrected chi connectivity index (χ4v) is 3.51. The normalized spacial score (nSPS) is 19.5. The minimum atomic E-state index is -0.988. The lowest BCUT2D eigenvalue weighted by molar-refractivity contribution is -0.122. The molecule has 0 unspecified atom stereocenters. The molecule has 7 heteroatoms. The van der Waals surface area contributed by atoms with Crippen molar-refractivity contribution >= 4 is 11.9 Å². The number of carboxylic acids is 1. The number of aromatic nitrogens is 1. The number of likely N-dealkylation sites (tertiary alicyclic amines) is 1. The second-order valence-corrected chi connectivity index (χ2v) is 7.27. The number of carbonyl (C=O) groups is 2. The van der Waals surface area contributed by atoms with Gasteiger partial charge >= 0.3 is 5.97 Å². The maximum Gasteiger partial charge on any atom is 0.335 e. The first-order valence-corrected chi connectivity index (χ1v) is 9.32. The second-order valence-electron chi connectivity index (χ2n) is 7.27. The number of hydrogen-bond acceptors (Lipinski definition) is 5. The summed E-state index contributed by atoms with van der Waals surface area (Å²) in [6, 6.07) is 10.6. The van der Waals surface area contributed by atoms with Gasteiger partial charge in [-0.1, -0.05) is 12.1 Å². The van der Waals surface area contributed by atoms with E-state index in [1.54, 1.807) is 24.4 Å². The van der Waals surface area contributed by atoms with Crippen LogP contribution in [0.4, 0.5) is 0 Å². The number of amides is 1. The van der Waals surface area contributed by atoms with Crippen LogP contribution in [-0.4, -0.2) is 57.7 Å². The summed E-state index contributed by atoms with van der Waals surface area (Å²) in [5.41, 5.74) is 2.85. The number of aromatic carboxylic acids is 1. The molecule has 3 N–H and O–H groups in total. The number of aliphatic hydroxyl groups excluding tert-OH is 1. The molecule has 7 nitrogen and oxygen atoms in total. The third-order valence-corrected chi connectivity index (χ3v) is 5.12. The monoisotopic (exact) mass is 383 g/mol. The maximum absolute atomic E-state index is 12.3. The number of pyridine rings is 1. The van der Waals surface area contributed by atoms with Crippen LogP contribution >= 0.6 is 0 Å². The number of carbonyl (C=O) groups excluding carboxylic acids is 1. The lowest BCUT2D eigenvalue weighted by Gasteiger charge is -2.16. The fraction of sp³-hybridized carbons (Fsp3) is 0.381. The highest BCUT2D eigenvalue weighted by molar-refractivity contribution is 5.88. The number of aliphatic hydroxyl groups is 1. The van der Waals surface area contributed by atoms with Crippen molar-refractivity contribution in [3.8, 4) is 0 Å². The minimum Gasteiger partial charge on any atom is -0.478 e. The van der Waals surface area contributed by atoms with E-state index in [2.05, 4.69) is 10.3 Å². The van der Waals surface area contributed by atoms with Gasteiger partial charge in [0.1, 0.15) is 0 Å². The summed E-state index contributed by atoms with van der Waals surface area (Å²) in [6.07, 6.45) is 1.94. The smallest absolute Gasteiger partial charge is 0.335 e. The Morgan fingerprint density at radius 1 is 1.25 bits per heavy atom. The van der Waals surface area contributed by atoms with Crippen molar-refractivity contribution in [3.05, 3.63) is 65.0 Å². The van der Waals surface area contributed by atoms with E-state index in [4.69, 9.17) is 5.11 Å². The number of nitrogens with one attached hydrogen (secondary N) is 1. The third kappa shape index (κ3) is 5.15. The summed E-state index contributed by atoms with van der Waals surface area (Å²) in [6.45, 7) is 3.45. The minimum absolute atomic E-state index is 0.0530. The molecule has 0 saturated carbocycles. The Morgan fingerprint density at radius 2 is 2.07 bits per heavy atom. The summed E-state index contributed by atoms with van der Waals surface area (Å²) in [5, 5.41) is 22.2. The van der Waals surface area contributed by atoms with Gasteiger partial charge in [-0.3, -0.25) is 14.7 Å². The average molecular weight is 383 g/mol. The zero-order chi connectivity index (χ0) is 20.1. The average Bonchev–Trinajstić information content (AvgIpc) is 3.00. The molecule has 0 spiro atoms. The van der Waals surface area contributed by atoms with Gasteiger partial charge in [0, 0.05) is 37.4 Å². The highest BCUT2D eigenvalue weighted by Crippen LogP contribution is 2.20. The third-order valence-electron chi connectivity index (χ3n) is 5.12. The first-order valence-electron chi connectivity index (χ1n) is 9.32. The van der Waals surface area contributed by atoms with Crippen LogP contribution < -0.4 is 5.32 Å². The molecule has 0 bridgehead atoms. The van der Waals surface area contributed by atoms with Crippen molar-refractivity contribution in [1.29, 1.82) is 0 Å². The standard InChI is InChI=1S/C21H25N3O4/c1-14-5-6-15(21(27)28)8-16(14)10-23-20(26)13-24-11-17(19(25)12-24)9-18-4-2-3-7-22-18/h2-8,17,19,25H,9-13H2,1H3,(H,23,26)(H,27,28)/t17-,19-/m1/s1. The van der Waals surface area contributed by atoms with Crippen LogP contribution in [0.3, 0.4) is 0 Å². The molecule has 1 fully saturated rings. The van der Waals surface area contributed by atoms with E-state index in [0.29, 0.717) is 19.5 Å². The van der Waals surface area contributed by atoms with Crippen LogP contribution in [0, 0.1) is 12.8 Å². The molecule has 2 atom stereocenters. The SMILES string of the molecule is Cc1ccc(C(=O)O)cc1CNC(=O)CN1C[C@@H](Cc2ccccn2)[C@H](O)C1. The molecule has 1 amide bonds. The molecule has 2 heterocycles. The summed E-state index contributed by atoms with van der Waals surface area (Å²) in [7, 11) is 0. The number of hydrogen-bond donors (Lipinski definition) is 3. The zero-order valence-electron chi connectivity index (χ0n) is 15.8. The Kier molecular flexibility index (Phi) is 6.38. The van der Waals surface area contributed by atoms with E-state index in [1.165, 1.54) is 0 Å². The molecule has 0 radical (unpaired) electrons. The van der Waals surface area contributed by atoms with Crippen molar-refractivity contribution < 1.29 is 19.8 Å². The van der Waals surface area contributed by atoms with Gasteiger partial charge in [-0.25, -0.2) is 4.79 Å². The van der Waals surface area contributed by atoms with Gasteiger partial charge in [0.25, 0.3) is 0 Å². The van der Waals surface area contributed by atoms with Gasteiger partial charge in [0.2, 0.25) is 5.91 Å².